The summed E-state index contributed by atoms with van der Waals surface area (Å²) in [4.78, 5) is 0. The Balaban J connectivity index is 2.24. The molecule has 0 bridgehead atoms. The Bertz CT molecular complexity index is 593. The predicted molar refractivity (Wildman–Crippen MR) is 77.4 cm³/mol. The number of rotatable bonds is 5. The first kappa shape index (κ1) is 14.1. The summed E-state index contributed by atoms with van der Waals surface area (Å²) in [5, 5.41) is 31.7. The lowest BCUT2D eigenvalue weighted by molar-refractivity contribution is 0.0220. The van der Waals surface area contributed by atoms with E-state index in [1.807, 2.05) is 48.5 Å². The summed E-state index contributed by atoms with van der Waals surface area (Å²) in [5.74, 6) is 0. The van der Waals surface area contributed by atoms with Crippen LogP contribution in [-0.4, -0.2) is 16.3 Å². The summed E-state index contributed by atoms with van der Waals surface area (Å²) in [5.41, 5.74) is 2.17. The van der Waals surface area contributed by atoms with Crippen molar-refractivity contribution in [3.63, 3.8) is 0 Å². The van der Waals surface area contributed by atoms with Crippen LogP contribution in [0.25, 0.3) is 0 Å². The van der Waals surface area contributed by atoms with Gasteiger partial charge in [-0.1, -0.05) is 36.4 Å². The minimum atomic E-state index is -1.10. The molecular formula is C16H16N2O2. The second-order valence-electron chi connectivity index (χ2n) is 4.45. The second kappa shape index (κ2) is 6.71. The van der Waals surface area contributed by atoms with E-state index in [-0.39, 0.29) is 6.42 Å². The van der Waals surface area contributed by atoms with Gasteiger partial charge >= 0.3 is 0 Å². The SMILES string of the molecule is N#CCC(O)C(O)c1ccccc1Nc1ccccc1. The third-order valence-corrected chi connectivity index (χ3v) is 3.00. The molecule has 2 atom stereocenters. The first-order valence-electron chi connectivity index (χ1n) is 6.36. The summed E-state index contributed by atoms with van der Waals surface area (Å²) < 4.78 is 0. The quantitative estimate of drug-likeness (QED) is 0.779. The molecule has 102 valence electrons. The van der Waals surface area contributed by atoms with Crippen molar-refractivity contribution in [3.8, 4) is 6.07 Å². The van der Waals surface area contributed by atoms with Gasteiger partial charge in [-0.15, -0.1) is 0 Å². The monoisotopic (exact) mass is 268 g/mol. The van der Waals surface area contributed by atoms with Gasteiger partial charge in [0, 0.05) is 16.9 Å². The molecule has 4 nitrogen and oxygen atoms in total. The smallest absolute Gasteiger partial charge is 0.108 e. The molecule has 0 fully saturated rings. The highest BCUT2D eigenvalue weighted by molar-refractivity contribution is 5.63. The maximum Gasteiger partial charge on any atom is 0.108 e. The molecule has 2 aromatic carbocycles. The first-order chi connectivity index (χ1) is 9.72. The maximum absolute atomic E-state index is 10.1. The van der Waals surface area contributed by atoms with Gasteiger partial charge in [0.25, 0.3) is 0 Å². The molecule has 0 saturated heterocycles. The summed E-state index contributed by atoms with van der Waals surface area (Å²) in [6.07, 6.45) is -2.30. The van der Waals surface area contributed by atoms with Gasteiger partial charge in [-0.3, -0.25) is 0 Å². The van der Waals surface area contributed by atoms with Gasteiger partial charge in [0.2, 0.25) is 0 Å². The van der Waals surface area contributed by atoms with Crippen LogP contribution in [0.3, 0.4) is 0 Å². The molecule has 0 radical (unpaired) electrons. The summed E-state index contributed by atoms with van der Waals surface area (Å²) in [6.45, 7) is 0. The fraction of sp³-hybridized carbons (Fsp3) is 0.188. The van der Waals surface area contributed by atoms with Crippen LogP contribution in [0.5, 0.6) is 0 Å². The molecule has 0 saturated carbocycles. The normalized spacial score (nSPS) is 13.2. The van der Waals surface area contributed by atoms with Crippen molar-refractivity contribution in [2.75, 3.05) is 5.32 Å². The Morgan fingerprint density at radius 2 is 1.65 bits per heavy atom. The lowest BCUT2D eigenvalue weighted by atomic mass is 10.0. The highest BCUT2D eigenvalue weighted by atomic mass is 16.3. The number of hydrogen-bond donors (Lipinski definition) is 3. The molecule has 2 unspecified atom stereocenters. The highest BCUT2D eigenvalue weighted by Crippen LogP contribution is 2.28. The van der Waals surface area contributed by atoms with Crippen molar-refractivity contribution in [1.29, 1.82) is 5.26 Å². The van der Waals surface area contributed by atoms with Crippen LogP contribution >= 0.6 is 0 Å². The molecule has 0 amide bonds. The zero-order chi connectivity index (χ0) is 14.4. The third kappa shape index (κ3) is 3.35. The van der Waals surface area contributed by atoms with E-state index in [0.29, 0.717) is 11.3 Å². The fourth-order valence-electron chi connectivity index (χ4n) is 1.96. The Labute approximate surface area is 117 Å². The molecule has 3 N–H and O–H groups in total. The van der Waals surface area contributed by atoms with E-state index in [9.17, 15) is 10.2 Å². The Hall–Kier alpha value is -2.35. The minimum absolute atomic E-state index is 0.110. The lowest BCUT2D eigenvalue weighted by Crippen LogP contribution is -2.18. The summed E-state index contributed by atoms with van der Waals surface area (Å²) in [6, 6.07) is 18.6. The van der Waals surface area contributed by atoms with Gasteiger partial charge in [-0.2, -0.15) is 5.26 Å². The van der Waals surface area contributed by atoms with Crippen LogP contribution in [0.15, 0.2) is 54.6 Å². The number of para-hydroxylation sites is 2. The van der Waals surface area contributed by atoms with Crippen molar-refractivity contribution < 1.29 is 10.2 Å². The van der Waals surface area contributed by atoms with Crippen LogP contribution in [0.4, 0.5) is 11.4 Å². The largest absolute Gasteiger partial charge is 0.389 e. The number of aliphatic hydroxyl groups excluding tert-OH is 2. The average molecular weight is 268 g/mol. The number of nitriles is 1. The molecule has 0 aliphatic rings. The van der Waals surface area contributed by atoms with Crippen LogP contribution in [-0.2, 0) is 0 Å². The molecular weight excluding hydrogens is 252 g/mol. The second-order valence-corrected chi connectivity index (χ2v) is 4.45. The number of hydrogen-bond acceptors (Lipinski definition) is 4. The molecule has 0 spiro atoms. The van der Waals surface area contributed by atoms with Crippen molar-refractivity contribution in [3.05, 3.63) is 60.2 Å². The molecule has 20 heavy (non-hydrogen) atoms. The molecule has 0 aliphatic heterocycles. The van der Waals surface area contributed by atoms with Crippen LogP contribution < -0.4 is 5.32 Å². The topological polar surface area (TPSA) is 76.3 Å². The van der Waals surface area contributed by atoms with E-state index in [0.717, 1.165) is 5.69 Å². The molecule has 2 rings (SSSR count). The summed E-state index contributed by atoms with van der Waals surface area (Å²) in [7, 11) is 0. The molecule has 4 heteroatoms. The predicted octanol–water partition coefficient (Wildman–Crippen LogP) is 2.74. The molecule has 0 aromatic heterocycles. The van der Waals surface area contributed by atoms with E-state index in [4.69, 9.17) is 5.26 Å². The third-order valence-electron chi connectivity index (χ3n) is 3.00. The van der Waals surface area contributed by atoms with E-state index < -0.39 is 12.2 Å². The van der Waals surface area contributed by atoms with Gasteiger partial charge in [-0.05, 0) is 18.2 Å². The standard InChI is InChI=1S/C16H16N2O2/c17-11-10-15(19)16(20)13-8-4-5-9-14(13)18-12-6-2-1-3-7-12/h1-9,15-16,18-20H,10H2. The lowest BCUT2D eigenvalue weighted by Gasteiger charge is -2.19. The minimum Gasteiger partial charge on any atom is -0.389 e. The van der Waals surface area contributed by atoms with E-state index >= 15 is 0 Å². The number of nitrogens with one attached hydrogen (secondary N) is 1. The molecule has 0 aliphatic carbocycles. The van der Waals surface area contributed by atoms with Crippen molar-refractivity contribution in [1.82, 2.24) is 0 Å². The van der Waals surface area contributed by atoms with E-state index in [2.05, 4.69) is 5.32 Å². The molecule has 2 aromatic rings. The van der Waals surface area contributed by atoms with Gasteiger partial charge in [-0.25, -0.2) is 0 Å². The van der Waals surface area contributed by atoms with Crippen LogP contribution in [0.2, 0.25) is 0 Å². The van der Waals surface area contributed by atoms with Crippen molar-refractivity contribution in [2.24, 2.45) is 0 Å². The number of aliphatic hydroxyl groups is 2. The fourth-order valence-corrected chi connectivity index (χ4v) is 1.96. The van der Waals surface area contributed by atoms with Crippen molar-refractivity contribution >= 4 is 11.4 Å². The number of anilines is 2. The van der Waals surface area contributed by atoms with Crippen LogP contribution in [0, 0.1) is 11.3 Å². The van der Waals surface area contributed by atoms with Gasteiger partial charge in [0.15, 0.2) is 0 Å². The van der Waals surface area contributed by atoms with Crippen molar-refractivity contribution in [2.45, 2.75) is 18.6 Å². The first-order valence-corrected chi connectivity index (χ1v) is 6.36. The summed E-state index contributed by atoms with van der Waals surface area (Å²) >= 11 is 0. The zero-order valence-corrected chi connectivity index (χ0v) is 10.9. The molecule has 0 heterocycles. The van der Waals surface area contributed by atoms with E-state index in [1.54, 1.807) is 12.1 Å². The Morgan fingerprint density at radius 1 is 1.00 bits per heavy atom. The zero-order valence-electron chi connectivity index (χ0n) is 10.9. The Kier molecular flexibility index (Phi) is 4.72. The van der Waals surface area contributed by atoms with Crippen LogP contribution in [0.1, 0.15) is 18.1 Å². The van der Waals surface area contributed by atoms with Gasteiger partial charge in [0.05, 0.1) is 18.6 Å². The van der Waals surface area contributed by atoms with Gasteiger partial charge in [0.1, 0.15) is 6.10 Å². The highest BCUT2D eigenvalue weighted by Gasteiger charge is 2.20. The van der Waals surface area contributed by atoms with Gasteiger partial charge < -0.3 is 15.5 Å². The number of benzene rings is 2. The Morgan fingerprint density at radius 3 is 2.35 bits per heavy atom. The van der Waals surface area contributed by atoms with E-state index in [1.165, 1.54) is 0 Å². The maximum atomic E-state index is 10.1. The number of nitrogens with zero attached hydrogens (tertiary/aromatic N) is 1. The average Bonchev–Trinajstić information content (AvgIpc) is 2.48.